The molecule has 0 saturated carbocycles. The fourth-order valence-electron chi connectivity index (χ4n) is 3.03. The van der Waals surface area contributed by atoms with Crippen LogP contribution in [0.25, 0.3) is 10.8 Å². The first kappa shape index (κ1) is 21.6. The Morgan fingerprint density at radius 2 is 2.03 bits per heavy atom. The molecule has 7 nitrogen and oxygen atoms in total. The van der Waals surface area contributed by atoms with E-state index in [-0.39, 0.29) is 24.8 Å². The summed E-state index contributed by atoms with van der Waals surface area (Å²) < 4.78 is 11.0. The van der Waals surface area contributed by atoms with E-state index >= 15 is 0 Å². The minimum Gasteiger partial charge on any atom is -0.495 e. The van der Waals surface area contributed by atoms with E-state index in [1.165, 1.54) is 11.3 Å². The number of hydrogen-bond donors (Lipinski definition) is 1. The van der Waals surface area contributed by atoms with Gasteiger partial charge in [-0.1, -0.05) is 25.1 Å². The van der Waals surface area contributed by atoms with E-state index in [0.717, 1.165) is 11.3 Å². The zero-order valence-corrected chi connectivity index (χ0v) is 18.1. The van der Waals surface area contributed by atoms with E-state index in [1.807, 2.05) is 36.6 Å². The van der Waals surface area contributed by atoms with Crippen LogP contribution in [-0.4, -0.2) is 41.9 Å². The third-order valence-corrected chi connectivity index (χ3v) is 5.36. The Labute approximate surface area is 179 Å². The number of carbonyl (C=O) groups is 2. The number of nitrogens with one attached hydrogen (secondary N) is 1. The molecule has 158 valence electrons. The molecule has 1 aromatic carbocycles. The van der Waals surface area contributed by atoms with Gasteiger partial charge in [-0.2, -0.15) is 0 Å². The van der Waals surface area contributed by atoms with Crippen LogP contribution in [0, 0.1) is 6.92 Å². The molecule has 3 rings (SSSR count). The van der Waals surface area contributed by atoms with Gasteiger partial charge >= 0.3 is 0 Å². The summed E-state index contributed by atoms with van der Waals surface area (Å²) in [5.41, 5.74) is 1.16. The van der Waals surface area contributed by atoms with Crippen molar-refractivity contribution in [3.05, 3.63) is 53.2 Å². The Bertz CT molecular complexity index is 998. The molecule has 3 aromatic rings. The number of ether oxygens (including phenoxy) is 1. The van der Waals surface area contributed by atoms with Gasteiger partial charge < -0.3 is 19.4 Å². The maximum atomic E-state index is 12.9. The summed E-state index contributed by atoms with van der Waals surface area (Å²) in [7, 11) is 1.54. The number of aromatic nitrogens is 1. The second kappa shape index (κ2) is 10.1. The van der Waals surface area contributed by atoms with Crippen molar-refractivity contribution in [2.75, 3.05) is 25.5 Å². The minimum absolute atomic E-state index is 0.0423. The van der Waals surface area contributed by atoms with Gasteiger partial charge in [0.15, 0.2) is 0 Å². The molecular weight excluding hydrogens is 402 g/mol. The van der Waals surface area contributed by atoms with Crippen LogP contribution < -0.4 is 10.1 Å². The summed E-state index contributed by atoms with van der Waals surface area (Å²) >= 11 is 1.53. The second-order valence-corrected chi connectivity index (χ2v) is 7.69. The third kappa shape index (κ3) is 5.27. The van der Waals surface area contributed by atoms with Crippen molar-refractivity contribution in [1.82, 2.24) is 9.88 Å². The van der Waals surface area contributed by atoms with Gasteiger partial charge in [-0.05, 0) is 36.9 Å². The number of amides is 2. The summed E-state index contributed by atoms with van der Waals surface area (Å²) in [6.45, 7) is 4.20. The lowest BCUT2D eigenvalue weighted by molar-refractivity contribution is -0.134. The number of oxazole rings is 1. The highest BCUT2D eigenvalue weighted by atomic mass is 32.1. The van der Waals surface area contributed by atoms with E-state index in [0.29, 0.717) is 35.3 Å². The van der Waals surface area contributed by atoms with Crippen molar-refractivity contribution in [3.63, 3.8) is 0 Å². The largest absolute Gasteiger partial charge is 0.495 e. The van der Waals surface area contributed by atoms with Crippen molar-refractivity contribution in [1.29, 1.82) is 0 Å². The molecule has 2 heterocycles. The standard InChI is InChI=1S/C22H25N3O4S/c1-4-11-25(14-20(26)23-16-8-5-6-9-18(16)28-3)21(27)13-17-15(2)29-22(24-17)19-10-7-12-30-19/h5-10,12H,4,11,13-14H2,1-3H3,(H,23,26). The molecule has 30 heavy (non-hydrogen) atoms. The first-order chi connectivity index (χ1) is 14.5. The van der Waals surface area contributed by atoms with Crippen LogP contribution in [0.15, 0.2) is 46.2 Å². The zero-order valence-electron chi connectivity index (χ0n) is 17.3. The van der Waals surface area contributed by atoms with Crippen LogP contribution in [0.5, 0.6) is 5.75 Å². The predicted octanol–water partition coefficient (Wildman–Crippen LogP) is 4.14. The number of hydrogen-bond acceptors (Lipinski definition) is 6. The van der Waals surface area contributed by atoms with Crippen LogP contribution in [0.4, 0.5) is 5.69 Å². The van der Waals surface area contributed by atoms with Gasteiger partial charge in [-0.15, -0.1) is 11.3 Å². The Balaban J connectivity index is 1.67. The average Bonchev–Trinajstić information content (AvgIpc) is 3.38. The summed E-state index contributed by atoms with van der Waals surface area (Å²) in [4.78, 5) is 32.4. The Hall–Kier alpha value is -3.13. The summed E-state index contributed by atoms with van der Waals surface area (Å²) in [6, 6.07) is 11.0. The number of nitrogens with zero attached hydrogens (tertiary/aromatic N) is 2. The number of anilines is 1. The van der Waals surface area contributed by atoms with Gasteiger partial charge in [-0.25, -0.2) is 4.98 Å². The van der Waals surface area contributed by atoms with Crippen molar-refractivity contribution in [3.8, 4) is 16.5 Å². The molecule has 0 unspecified atom stereocenters. The van der Waals surface area contributed by atoms with E-state index in [1.54, 1.807) is 31.1 Å². The monoisotopic (exact) mass is 427 g/mol. The van der Waals surface area contributed by atoms with Crippen LogP contribution >= 0.6 is 11.3 Å². The minimum atomic E-state index is -0.280. The van der Waals surface area contributed by atoms with Gasteiger partial charge in [-0.3, -0.25) is 9.59 Å². The molecule has 2 amide bonds. The molecule has 8 heteroatoms. The molecule has 0 atom stereocenters. The number of aryl methyl sites for hydroxylation is 1. The maximum absolute atomic E-state index is 12.9. The van der Waals surface area contributed by atoms with E-state index < -0.39 is 0 Å². The average molecular weight is 428 g/mol. The highest BCUT2D eigenvalue weighted by Gasteiger charge is 2.21. The predicted molar refractivity (Wildman–Crippen MR) is 117 cm³/mol. The van der Waals surface area contributed by atoms with Crippen LogP contribution in [0.2, 0.25) is 0 Å². The Kier molecular flexibility index (Phi) is 7.24. The normalized spacial score (nSPS) is 10.6. The van der Waals surface area contributed by atoms with Crippen molar-refractivity contribution in [2.45, 2.75) is 26.7 Å². The smallest absolute Gasteiger partial charge is 0.244 e. The molecule has 0 aliphatic heterocycles. The summed E-state index contributed by atoms with van der Waals surface area (Å²) in [5.74, 6) is 1.25. The molecular formula is C22H25N3O4S. The molecule has 2 aromatic heterocycles. The van der Waals surface area contributed by atoms with Crippen molar-refractivity contribution < 1.29 is 18.7 Å². The molecule has 0 radical (unpaired) electrons. The topological polar surface area (TPSA) is 84.7 Å². The highest BCUT2D eigenvalue weighted by Crippen LogP contribution is 2.26. The van der Waals surface area contributed by atoms with Gasteiger partial charge in [0.2, 0.25) is 17.7 Å². The SMILES string of the molecule is CCCN(CC(=O)Nc1ccccc1OC)C(=O)Cc1nc(-c2cccs2)oc1C. The first-order valence-corrected chi connectivity index (χ1v) is 10.6. The van der Waals surface area contributed by atoms with Gasteiger partial charge in [0.1, 0.15) is 11.5 Å². The second-order valence-electron chi connectivity index (χ2n) is 6.74. The highest BCUT2D eigenvalue weighted by molar-refractivity contribution is 7.13. The lowest BCUT2D eigenvalue weighted by Crippen LogP contribution is -2.39. The fourth-order valence-corrected chi connectivity index (χ4v) is 3.67. The number of benzene rings is 1. The van der Waals surface area contributed by atoms with Gasteiger partial charge in [0.25, 0.3) is 0 Å². The van der Waals surface area contributed by atoms with Gasteiger partial charge in [0.05, 0.1) is 36.3 Å². The molecule has 1 N–H and O–H groups in total. The van der Waals surface area contributed by atoms with Crippen molar-refractivity contribution >= 4 is 28.8 Å². The molecule has 0 aliphatic carbocycles. The van der Waals surface area contributed by atoms with Crippen LogP contribution in [0.3, 0.4) is 0 Å². The molecule has 0 saturated heterocycles. The fraction of sp³-hybridized carbons (Fsp3) is 0.318. The summed E-state index contributed by atoms with van der Waals surface area (Å²) in [5, 5.41) is 4.76. The number of para-hydroxylation sites is 2. The van der Waals surface area contributed by atoms with Crippen LogP contribution in [-0.2, 0) is 16.0 Å². The van der Waals surface area contributed by atoms with Crippen LogP contribution in [0.1, 0.15) is 24.8 Å². The Morgan fingerprint density at radius 3 is 2.73 bits per heavy atom. The van der Waals surface area contributed by atoms with E-state index in [4.69, 9.17) is 9.15 Å². The quantitative estimate of drug-likeness (QED) is 0.555. The lowest BCUT2D eigenvalue weighted by atomic mass is 10.2. The van der Waals surface area contributed by atoms with Gasteiger partial charge in [0, 0.05) is 6.54 Å². The maximum Gasteiger partial charge on any atom is 0.244 e. The molecule has 0 fully saturated rings. The third-order valence-electron chi connectivity index (χ3n) is 4.51. The lowest BCUT2D eigenvalue weighted by Gasteiger charge is -2.21. The zero-order chi connectivity index (χ0) is 21.5. The van der Waals surface area contributed by atoms with E-state index in [9.17, 15) is 9.59 Å². The molecule has 0 bridgehead atoms. The Morgan fingerprint density at radius 1 is 1.23 bits per heavy atom. The van der Waals surface area contributed by atoms with E-state index in [2.05, 4.69) is 10.3 Å². The number of methoxy groups -OCH3 is 1. The molecule has 0 spiro atoms. The van der Waals surface area contributed by atoms with Crippen molar-refractivity contribution in [2.24, 2.45) is 0 Å². The number of carbonyl (C=O) groups excluding carboxylic acids is 2. The molecule has 0 aliphatic rings. The first-order valence-electron chi connectivity index (χ1n) is 9.72. The number of thiophene rings is 1. The summed E-state index contributed by atoms with van der Waals surface area (Å²) in [6.07, 6.45) is 0.828. The number of rotatable bonds is 9.